The molecule has 18 heavy (non-hydrogen) atoms. The molecule has 1 saturated heterocycles. The Labute approximate surface area is 108 Å². The molecular weight excluding hydrogens is 228 g/mol. The molecule has 2 heterocycles. The van der Waals surface area contributed by atoms with Crippen LogP contribution in [-0.4, -0.2) is 29.2 Å². The third-order valence-electron chi connectivity index (χ3n) is 3.69. The lowest BCUT2D eigenvalue weighted by Crippen LogP contribution is -2.35. The summed E-state index contributed by atoms with van der Waals surface area (Å²) in [5.74, 6) is 1.22. The van der Waals surface area contributed by atoms with Gasteiger partial charge in [-0.1, -0.05) is 6.92 Å². The van der Waals surface area contributed by atoms with Crippen molar-refractivity contribution >= 4 is 5.91 Å². The van der Waals surface area contributed by atoms with E-state index in [1.165, 1.54) is 12.8 Å². The number of nitrogens with one attached hydrogen (secondary N) is 3. The van der Waals surface area contributed by atoms with E-state index < -0.39 is 0 Å². The van der Waals surface area contributed by atoms with E-state index in [2.05, 4.69) is 27.8 Å². The topological polar surface area (TPSA) is 69.8 Å². The Bertz CT molecular complexity index is 357. The molecule has 1 aromatic rings. The van der Waals surface area contributed by atoms with Crippen LogP contribution in [0, 0.1) is 11.8 Å². The number of aromatic amines is 1. The molecule has 0 spiro atoms. The molecule has 0 saturated carbocycles. The molecule has 2 unspecified atom stereocenters. The molecule has 3 N–H and O–H groups in total. The van der Waals surface area contributed by atoms with E-state index in [1.54, 1.807) is 12.4 Å². The number of carbonyl (C=O) groups excluding carboxylic acids is 1. The van der Waals surface area contributed by atoms with E-state index in [0.717, 1.165) is 18.7 Å². The van der Waals surface area contributed by atoms with Crippen LogP contribution in [0.2, 0.25) is 0 Å². The van der Waals surface area contributed by atoms with Crippen LogP contribution in [-0.2, 0) is 11.3 Å². The maximum Gasteiger partial charge on any atom is 0.220 e. The molecule has 1 aromatic heterocycles. The number of piperidine rings is 1. The van der Waals surface area contributed by atoms with Crippen molar-refractivity contribution < 1.29 is 4.79 Å². The van der Waals surface area contributed by atoms with Gasteiger partial charge in [0.1, 0.15) is 0 Å². The number of amides is 1. The van der Waals surface area contributed by atoms with Crippen LogP contribution in [0.1, 0.15) is 31.7 Å². The van der Waals surface area contributed by atoms with Crippen LogP contribution in [0.15, 0.2) is 12.4 Å². The maximum absolute atomic E-state index is 11.8. The molecule has 1 aliphatic heterocycles. The van der Waals surface area contributed by atoms with Crippen molar-refractivity contribution in [3.05, 3.63) is 18.0 Å². The molecule has 1 fully saturated rings. The van der Waals surface area contributed by atoms with Gasteiger partial charge in [0.2, 0.25) is 5.91 Å². The van der Waals surface area contributed by atoms with Gasteiger partial charge in [0.15, 0.2) is 0 Å². The number of carbonyl (C=O) groups is 1. The first-order valence-corrected chi connectivity index (χ1v) is 6.71. The van der Waals surface area contributed by atoms with Gasteiger partial charge in [-0.3, -0.25) is 9.89 Å². The van der Waals surface area contributed by atoms with Crippen LogP contribution in [0.3, 0.4) is 0 Å². The quantitative estimate of drug-likeness (QED) is 0.731. The fourth-order valence-electron chi connectivity index (χ4n) is 2.47. The van der Waals surface area contributed by atoms with Gasteiger partial charge in [-0.15, -0.1) is 0 Å². The zero-order valence-electron chi connectivity index (χ0n) is 10.9. The van der Waals surface area contributed by atoms with Crippen LogP contribution >= 0.6 is 0 Å². The maximum atomic E-state index is 11.8. The van der Waals surface area contributed by atoms with E-state index in [4.69, 9.17) is 0 Å². The SMILES string of the molecule is CC(CC(=O)NCc1cn[nH]c1)C1CCCNC1. The monoisotopic (exact) mass is 250 g/mol. The third kappa shape index (κ3) is 3.84. The summed E-state index contributed by atoms with van der Waals surface area (Å²) in [5, 5.41) is 12.9. The third-order valence-corrected chi connectivity index (χ3v) is 3.69. The average molecular weight is 250 g/mol. The minimum atomic E-state index is 0.134. The second-order valence-electron chi connectivity index (χ2n) is 5.17. The second kappa shape index (κ2) is 6.54. The molecule has 100 valence electrons. The number of hydrogen-bond acceptors (Lipinski definition) is 3. The van der Waals surface area contributed by atoms with Gasteiger partial charge in [-0.25, -0.2) is 0 Å². The summed E-state index contributed by atoms with van der Waals surface area (Å²) < 4.78 is 0. The highest BCUT2D eigenvalue weighted by Crippen LogP contribution is 2.22. The van der Waals surface area contributed by atoms with Gasteiger partial charge in [0.25, 0.3) is 0 Å². The van der Waals surface area contributed by atoms with E-state index in [0.29, 0.717) is 24.8 Å². The second-order valence-corrected chi connectivity index (χ2v) is 5.17. The molecule has 0 radical (unpaired) electrons. The summed E-state index contributed by atoms with van der Waals surface area (Å²) in [4.78, 5) is 11.8. The van der Waals surface area contributed by atoms with Crippen LogP contribution in [0.5, 0.6) is 0 Å². The molecule has 0 aromatic carbocycles. The molecular formula is C13H22N4O. The largest absolute Gasteiger partial charge is 0.352 e. The standard InChI is InChI=1S/C13H22N4O/c1-10(12-3-2-4-14-9-12)5-13(18)15-6-11-7-16-17-8-11/h7-8,10,12,14H,2-6,9H2,1H3,(H,15,18)(H,16,17). The summed E-state index contributed by atoms with van der Waals surface area (Å²) in [6, 6.07) is 0. The zero-order valence-corrected chi connectivity index (χ0v) is 10.9. The number of H-pyrrole nitrogens is 1. The molecule has 0 bridgehead atoms. The average Bonchev–Trinajstić information content (AvgIpc) is 2.90. The Morgan fingerprint density at radius 2 is 2.56 bits per heavy atom. The Kier molecular flexibility index (Phi) is 4.75. The first kappa shape index (κ1) is 13.1. The lowest BCUT2D eigenvalue weighted by molar-refractivity contribution is -0.122. The van der Waals surface area contributed by atoms with Crippen molar-refractivity contribution in [3.63, 3.8) is 0 Å². The first-order chi connectivity index (χ1) is 8.75. The lowest BCUT2D eigenvalue weighted by atomic mass is 9.85. The highest BCUT2D eigenvalue weighted by Gasteiger charge is 2.21. The first-order valence-electron chi connectivity index (χ1n) is 6.71. The molecule has 0 aliphatic carbocycles. The smallest absolute Gasteiger partial charge is 0.220 e. The fraction of sp³-hybridized carbons (Fsp3) is 0.692. The highest BCUT2D eigenvalue weighted by molar-refractivity contribution is 5.76. The van der Waals surface area contributed by atoms with Crippen molar-refractivity contribution in [2.45, 2.75) is 32.7 Å². The van der Waals surface area contributed by atoms with E-state index in [-0.39, 0.29) is 5.91 Å². The predicted molar refractivity (Wildman–Crippen MR) is 69.8 cm³/mol. The van der Waals surface area contributed by atoms with E-state index in [9.17, 15) is 4.79 Å². The van der Waals surface area contributed by atoms with Crippen molar-refractivity contribution in [1.82, 2.24) is 20.8 Å². The Hall–Kier alpha value is -1.36. The van der Waals surface area contributed by atoms with E-state index >= 15 is 0 Å². The normalized spacial score (nSPS) is 21.5. The van der Waals surface area contributed by atoms with Crippen LogP contribution in [0.25, 0.3) is 0 Å². The van der Waals surface area contributed by atoms with Crippen molar-refractivity contribution in [2.75, 3.05) is 13.1 Å². The minimum absolute atomic E-state index is 0.134. The van der Waals surface area contributed by atoms with Gasteiger partial charge in [-0.05, 0) is 37.8 Å². The summed E-state index contributed by atoms with van der Waals surface area (Å²) in [6.45, 7) is 4.91. The Morgan fingerprint density at radius 1 is 1.67 bits per heavy atom. The molecule has 1 amide bonds. The fourth-order valence-corrected chi connectivity index (χ4v) is 2.47. The Balaban J connectivity index is 1.69. The Morgan fingerprint density at radius 3 is 3.22 bits per heavy atom. The van der Waals surface area contributed by atoms with E-state index in [1.807, 2.05) is 0 Å². The molecule has 5 nitrogen and oxygen atoms in total. The summed E-state index contributed by atoms with van der Waals surface area (Å²) >= 11 is 0. The number of aromatic nitrogens is 2. The van der Waals surface area contributed by atoms with Gasteiger partial charge in [-0.2, -0.15) is 5.10 Å². The lowest BCUT2D eigenvalue weighted by Gasteiger charge is -2.27. The van der Waals surface area contributed by atoms with Gasteiger partial charge >= 0.3 is 0 Å². The highest BCUT2D eigenvalue weighted by atomic mass is 16.1. The van der Waals surface area contributed by atoms with Gasteiger partial charge in [0.05, 0.1) is 6.20 Å². The number of nitrogens with zero attached hydrogens (tertiary/aromatic N) is 1. The van der Waals surface area contributed by atoms with Crippen LogP contribution < -0.4 is 10.6 Å². The van der Waals surface area contributed by atoms with Gasteiger partial charge < -0.3 is 10.6 Å². The summed E-state index contributed by atoms with van der Waals surface area (Å²) in [7, 11) is 0. The minimum Gasteiger partial charge on any atom is -0.352 e. The van der Waals surface area contributed by atoms with Gasteiger partial charge in [0, 0.05) is 24.7 Å². The molecule has 2 rings (SSSR count). The molecule has 2 atom stereocenters. The van der Waals surface area contributed by atoms with Crippen molar-refractivity contribution in [3.8, 4) is 0 Å². The summed E-state index contributed by atoms with van der Waals surface area (Å²) in [6.07, 6.45) is 6.61. The molecule has 5 heteroatoms. The zero-order chi connectivity index (χ0) is 12.8. The van der Waals surface area contributed by atoms with Crippen molar-refractivity contribution in [1.29, 1.82) is 0 Å². The van der Waals surface area contributed by atoms with Crippen molar-refractivity contribution in [2.24, 2.45) is 11.8 Å². The number of rotatable bonds is 5. The molecule has 1 aliphatic rings. The summed E-state index contributed by atoms with van der Waals surface area (Å²) in [5.41, 5.74) is 1.01. The van der Waals surface area contributed by atoms with Crippen LogP contribution in [0.4, 0.5) is 0 Å². The number of hydrogen-bond donors (Lipinski definition) is 3. The predicted octanol–water partition coefficient (Wildman–Crippen LogP) is 1.05.